The van der Waals surface area contributed by atoms with Gasteiger partial charge in [-0.1, -0.05) is 11.6 Å². The number of nitrogens with zero attached hydrogens (tertiary/aromatic N) is 2. The average Bonchev–Trinajstić information content (AvgIpc) is 2.37. The molecule has 0 atom stereocenters. The average molecular weight is 267 g/mol. The van der Waals surface area contributed by atoms with Gasteiger partial charge in [0.05, 0.1) is 19.2 Å². The molecule has 0 aliphatic rings. The van der Waals surface area contributed by atoms with Crippen LogP contribution < -0.4 is 4.74 Å². The minimum absolute atomic E-state index is 0.0114. The number of hydrogen-bond acceptors (Lipinski definition) is 4. The first kappa shape index (κ1) is 12.6. The Hall–Kier alpha value is -1.88. The van der Waals surface area contributed by atoms with Gasteiger partial charge in [0.25, 0.3) is 0 Å². The number of carbonyl (C=O) groups is 1. The van der Waals surface area contributed by atoms with E-state index >= 15 is 0 Å². The molecule has 2 aromatic rings. The molecule has 1 N–H and O–H groups in total. The molecule has 5 nitrogen and oxygen atoms in total. The molecule has 1 heterocycles. The number of aryl methyl sites for hydroxylation is 1. The molecule has 0 radical (unpaired) electrons. The Labute approximate surface area is 108 Å². The zero-order valence-electron chi connectivity index (χ0n) is 9.68. The van der Waals surface area contributed by atoms with Crippen LogP contribution in [0.1, 0.15) is 12.1 Å². The van der Waals surface area contributed by atoms with Gasteiger partial charge in [0.1, 0.15) is 5.75 Å². The summed E-state index contributed by atoms with van der Waals surface area (Å²) >= 11 is 5.98. The van der Waals surface area contributed by atoms with E-state index < -0.39 is 5.97 Å². The number of rotatable bonds is 4. The molecule has 94 valence electrons. The summed E-state index contributed by atoms with van der Waals surface area (Å²) in [4.78, 5) is 10.6. The highest BCUT2D eigenvalue weighted by atomic mass is 35.5. The quantitative estimate of drug-likeness (QED) is 0.919. The van der Waals surface area contributed by atoms with Crippen LogP contribution in [0.15, 0.2) is 18.2 Å². The summed E-state index contributed by atoms with van der Waals surface area (Å²) in [7, 11) is 1.56. The fourth-order valence-electron chi connectivity index (χ4n) is 1.69. The Morgan fingerprint density at radius 2 is 2.17 bits per heavy atom. The van der Waals surface area contributed by atoms with E-state index in [0.29, 0.717) is 23.3 Å². The molecule has 0 aliphatic heterocycles. The van der Waals surface area contributed by atoms with Crippen LogP contribution in [0.3, 0.4) is 0 Å². The predicted molar refractivity (Wildman–Crippen MR) is 67.1 cm³/mol. The van der Waals surface area contributed by atoms with Gasteiger partial charge in [-0.2, -0.15) is 5.10 Å². The van der Waals surface area contributed by atoms with Crippen molar-refractivity contribution in [2.24, 2.45) is 0 Å². The molecule has 0 unspecified atom stereocenters. The number of methoxy groups -OCH3 is 1. The first-order valence-corrected chi connectivity index (χ1v) is 5.70. The molecule has 0 amide bonds. The van der Waals surface area contributed by atoms with Gasteiger partial charge in [-0.05, 0) is 18.2 Å². The number of aromatic nitrogens is 2. The second-order valence-electron chi connectivity index (χ2n) is 3.74. The summed E-state index contributed by atoms with van der Waals surface area (Å²) in [5.74, 6) is -0.199. The molecule has 1 aromatic heterocycles. The molecule has 18 heavy (non-hydrogen) atoms. The van der Waals surface area contributed by atoms with Gasteiger partial charge < -0.3 is 9.84 Å². The Morgan fingerprint density at radius 1 is 1.39 bits per heavy atom. The van der Waals surface area contributed by atoms with Crippen LogP contribution in [0, 0.1) is 0 Å². The number of halogens is 1. The van der Waals surface area contributed by atoms with Crippen molar-refractivity contribution in [2.75, 3.05) is 7.11 Å². The third-order valence-corrected chi connectivity index (χ3v) is 2.87. The fourth-order valence-corrected chi connectivity index (χ4v) is 1.89. The van der Waals surface area contributed by atoms with Crippen LogP contribution in [0.4, 0.5) is 0 Å². The van der Waals surface area contributed by atoms with Crippen molar-refractivity contribution in [3.8, 4) is 5.75 Å². The van der Waals surface area contributed by atoms with E-state index in [-0.39, 0.29) is 11.6 Å². The molecule has 0 saturated carbocycles. The summed E-state index contributed by atoms with van der Waals surface area (Å²) in [5, 5.41) is 18.3. The minimum Gasteiger partial charge on any atom is -0.497 e. The van der Waals surface area contributed by atoms with Gasteiger partial charge >= 0.3 is 5.97 Å². The van der Waals surface area contributed by atoms with E-state index in [2.05, 4.69) is 10.2 Å². The second kappa shape index (κ2) is 5.18. The van der Waals surface area contributed by atoms with Gasteiger partial charge in [0.2, 0.25) is 0 Å². The summed E-state index contributed by atoms with van der Waals surface area (Å²) in [5.41, 5.74) is 0.624. The van der Waals surface area contributed by atoms with Crippen molar-refractivity contribution in [1.29, 1.82) is 0 Å². The third-order valence-electron chi connectivity index (χ3n) is 2.59. The van der Waals surface area contributed by atoms with Crippen molar-refractivity contribution in [1.82, 2.24) is 10.2 Å². The standard InChI is InChI=1S/C12H11ClN2O3/c1-18-7-2-3-8-9(6-7)12(13)15-14-10(8)4-5-11(16)17/h2-3,6H,4-5H2,1H3,(H,16,17). The highest BCUT2D eigenvalue weighted by Gasteiger charge is 2.10. The lowest BCUT2D eigenvalue weighted by Gasteiger charge is -2.07. The Morgan fingerprint density at radius 3 is 2.83 bits per heavy atom. The molecule has 0 spiro atoms. The smallest absolute Gasteiger partial charge is 0.303 e. The monoisotopic (exact) mass is 266 g/mol. The highest BCUT2D eigenvalue weighted by molar-refractivity contribution is 6.34. The fraction of sp³-hybridized carbons (Fsp3) is 0.250. The molecular formula is C12H11ClN2O3. The molecule has 0 saturated heterocycles. The van der Waals surface area contributed by atoms with Gasteiger partial charge in [-0.3, -0.25) is 4.79 Å². The maximum atomic E-state index is 10.6. The number of ether oxygens (including phenoxy) is 1. The van der Waals surface area contributed by atoms with Gasteiger partial charge in [-0.15, -0.1) is 5.10 Å². The molecule has 0 bridgehead atoms. The predicted octanol–water partition coefficient (Wildman–Crippen LogP) is 2.31. The SMILES string of the molecule is COc1ccc2c(CCC(=O)O)nnc(Cl)c2c1. The first-order chi connectivity index (χ1) is 8.61. The van der Waals surface area contributed by atoms with Crippen LogP contribution in [0.5, 0.6) is 5.75 Å². The number of hydrogen-bond donors (Lipinski definition) is 1. The van der Waals surface area contributed by atoms with Gasteiger partial charge in [0, 0.05) is 17.2 Å². The third kappa shape index (κ3) is 2.51. The summed E-state index contributed by atoms with van der Waals surface area (Å²) in [6, 6.07) is 5.35. The summed E-state index contributed by atoms with van der Waals surface area (Å²) in [6.07, 6.45) is 0.333. The van der Waals surface area contributed by atoms with Crippen LogP contribution in [-0.2, 0) is 11.2 Å². The lowest BCUT2D eigenvalue weighted by Crippen LogP contribution is -2.01. The maximum Gasteiger partial charge on any atom is 0.303 e. The van der Waals surface area contributed by atoms with Crippen LogP contribution in [-0.4, -0.2) is 28.4 Å². The topological polar surface area (TPSA) is 72.3 Å². The lowest BCUT2D eigenvalue weighted by molar-refractivity contribution is -0.136. The van der Waals surface area contributed by atoms with Gasteiger partial charge in [0.15, 0.2) is 5.15 Å². The lowest BCUT2D eigenvalue weighted by atomic mass is 10.1. The van der Waals surface area contributed by atoms with Crippen molar-refractivity contribution >= 4 is 28.3 Å². The zero-order chi connectivity index (χ0) is 13.1. The Balaban J connectivity index is 2.49. The number of carboxylic acids is 1. The Kier molecular flexibility index (Phi) is 3.62. The number of aliphatic carboxylic acids is 1. The van der Waals surface area contributed by atoms with E-state index in [1.54, 1.807) is 19.2 Å². The van der Waals surface area contributed by atoms with E-state index in [0.717, 1.165) is 5.39 Å². The van der Waals surface area contributed by atoms with E-state index in [1.807, 2.05) is 6.07 Å². The van der Waals surface area contributed by atoms with Crippen molar-refractivity contribution in [3.63, 3.8) is 0 Å². The maximum absolute atomic E-state index is 10.6. The normalized spacial score (nSPS) is 10.6. The summed E-state index contributed by atoms with van der Waals surface area (Å²) in [6.45, 7) is 0. The molecule has 1 aromatic carbocycles. The van der Waals surface area contributed by atoms with E-state index in [4.69, 9.17) is 21.4 Å². The molecule has 0 aliphatic carbocycles. The first-order valence-electron chi connectivity index (χ1n) is 5.32. The van der Waals surface area contributed by atoms with E-state index in [1.165, 1.54) is 0 Å². The van der Waals surface area contributed by atoms with Crippen LogP contribution >= 0.6 is 11.6 Å². The zero-order valence-corrected chi connectivity index (χ0v) is 10.4. The van der Waals surface area contributed by atoms with Gasteiger partial charge in [-0.25, -0.2) is 0 Å². The number of carboxylic acid groups (broad SMARTS) is 1. The summed E-state index contributed by atoms with van der Waals surface area (Å²) < 4.78 is 5.11. The van der Waals surface area contributed by atoms with Crippen LogP contribution in [0.25, 0.3) is 10.8 Å². The highest BCUT2D eigenvalue weighted by Crippen LogP contribution is 2.27. The van der Waals surface area contributed by atoms with Crippen LogP contribution in [0.2, 0.25) is 5.15 Å². The van der Waals surface area contributed by atoms with Crippen molar-refractivity contribution < 1.29 is 14.6 Å². The van der Waals surface area contributed by atoms with Crippen molar-refractivity contribution in [3.05, 3.63) is 29.0 Å². The molecule has 2 rings (SSSR count). The van der Waals surface area contributed by atoms with Crippen molar-refractivity contribution in [2.45, 2.75) is 12.8 Å². The second-order valence-corrected chi connectivity index (χ2v) is 4.10. The molecule has 6 heteroatoms. The largest absolute Gasteiger partial charge is 0.497 e. The minimum atomic E-state index is -0.867. The molecular weight excluding hydrogens is 256 g/mol. The molecule has 0 fully saturated rings. The Bertz CT molecular complexity index is 601. The number of benzene rings is 1. The number of fused-ring (bicyclic) bond motifs is 1. The van der Waals surface area contributed by atoms with E-state index in [9.17, 15) is 4.79 Å².